The Morgan fingerprint density at radius 2 is 1.62 bits per heavy atom. The maximum Gasteiger partial charge on any atom is 0.132 e. The molecule has 0 aliphatic rings. The second-order valence-corrected chi connectivity index (χ2v) is 3.35. The van der Waals surface area contributed by atoms with Crippen molar-refractivity contribution in [1.82, 2.24) is 0 Å². The summed E-state index contributed by atoms with van der Waals surface area (Å²) in [6, 6.07) is 10.2. The highest BCUT2D eigenvalue weighted by Gasteiger charge is 2.05. The van der Waals surface area contributed by atoms with Crippen molar-refractivity contribution in [2.45, 2.75) is 0 Å². The second-order valence-electron chi connectivity index (χ2n) is 3.35. The van der Waals surface area contributed by atoms with Gasteiger partial charge in [0.25, 0.3) is 0 Å². The molecule has 78 valence electrons. The molecule has 0 unspecified atom stereocenters. The zero-order valence-electron chi connectivity index (χ0n) is 8.37. The zero-order chi connectivity index (χ0) is 11.5. The van der Waals surface area contributed by atoms with Crippen molar-refractivity contribution in [2.24, 2.45) is 0 Å². The summed E-state index contributed by atoms with van der Waals surface area (Å²) in [7, 11) is 0. The standard InChI is InChI=1S/C14H8F2/c1-2-10-3-8-13(14(16)9-10)11-4-6-12(15)7-5-11/h1,3-9H. The Morgan fingerprint density at radius 3 is 2.19 bits per heavy atom. The number of terminal acetylenes is 1. The van der Waals surface area contributed by atoms with Crippen LogP contribution in [0.4, 0.5) is 8.78 Å². The molecule has 0 amide bonds. The second kappa shape index (κ2) is 4.16. The molecule has 0 heterocycles. The van der Waals surface area contributed by atoms with E-state index in [2.05, 4.69) is 5.92 Å². The average Bonchev–Trinajstić information content (AvgIpc) is 2.30. The van der Waals surface area contributed by atoms with Crippen molar-refractivity contribution >= 4 is 0 Å². The molecule has 0 saturated heterocycles. The van der Waals surface area contributed by atoms with E-state index in [9.17, 15) is 8.78 Å². The fourth-order valence-corrected chi connectivity index (χ4v) is 1.47. The molecule has 0 spiro atoms. The van der Waals surface area contributed by atoms with Crippen LogP contribution >= 0.6 is 0 Å². The van der Waals surface area contributed by atoms with Crippen LogP contribution in [0.2, 0.25) is 0 Å². The van der Waals surface area contributed by atoms with Gasteiger partial charge in [0.15, 0.2) is 0 Å². The van der Waals surface area contributed by atoms with E-state index in [1.54, 1.807) is 12.1 Å². The third kappa shape index (κ3) is 1.94. The van der Waals surface area contributed by atoms with E-state index in [4.69, 9.17) is 6.42 Å². The number of rotatable bonds is 1. The summed E-state index contributed by atoms with van der Waals surface area (Å²) in [5.41, 5.74) is 1.53. The van der Waals surface area contributed by atoms with Gasteiger partial charge in [0.2, 0.25) is 0 Å². The van der Waals surface area contributed by atoms with E-state index in [1.807, 2.05) is 0 Å². The molecule has 0 saturated carbocycles. The number of halogens is 2. The van der Waals surface area contributed by atoms with Crippen LogP contribution in [-0.2, 0) is 0 Å². The molecular formula is C14H8F2. The lowest BCUT2D eigenvalue weighted by Crippen LogP contribution is -1.86. The molecule has 0 aliphatic heterocycles. The van der Waals surface area contributed by atoms with Crippen molar-refractivity contribution < 1.29 is 8.78 Å². The van der Waals surface area contributed by atoms with Crippen LogP contribution in [0.5, 0.6) is 0 Å². The number of benzene rings is 2. The average molecular weight is 214 g/mol. The van der Waals surface area contributed by atoms with Crippen LogP contribution in [0.3, 0.4) is 0 Å². The van der Waals surface area contributed by atoms with Crippen LogP contribution in [0, 0.1) is 24.0 Å². The summed E-state index contributed by atoms with van der Waals surface area (Å²) in [6.07, 6.45) is 5.16. The molecule has 0 atom stereocenters. The molecule has 0 fully saturated rings. The smallest absolute Gasteiger partial charge is 0.132 e. The van der Waals surface area contributed by atoms with Gasteiger partial charge < -0.3 is 0 Å². The molecule has 0 bridgehead atoms. The minimum atomic E-state index is -0.401. The molecule has 16 heavy (non-hydrogen) atoms. The summed E-state index contributed by atoms with van der Waals surface area (Å²) in [5.74, 6) is 1.61. The summed E-state index contributed by atoms with van der Waals surface area (Å²) in [4.78, 5) is 0. The molecule has 2 aromatic rings. The maximum absolute atomic E-state index is 13.6. The predicted molar refractivity (Wildman–Crippen MR) is 59.7 cm³/mol. The largest absolute Gasteiger partial charge is 0.207 e. The van der Waals surface area contributed by atoms with Crippen LogP contribution in [-0.4, -0.2) is 0 Å². The van der Waals surface area contributed by atoms with Crippen molar-refractivity contribution in [2.75, 3.05) is 0 Å². The molecule has 2 aromatic carbocycles. The van der Waals surface area contributed by atoms with Gasteiger partial charge in [-0.2, -0.15) is 0 Å². The fourth-order valence-electron chi connectivity index (χ4n) is 1.47. The molecule has 0 radical (unpaired) electrons. The van der Waals surface area contributed by atoms with E-state index in [0.717, 1.165) is 0 Å². The molecule has 0 nitrogen and oxygen atoms in total. The van der Waals surface area contributed by atoms with E-state index < -0.39 is 5.82 Å². The van der Waals surface area contributed by atoms with E-state index in [0.29, 0.717) is 16.7 Å². The molecule has 0 aliphatic carbocycles. The van der Waals surface area contributed by atoms with Crippen molar-refractivity contribution in [3.63, 3.8) is 0 Å². The fraction of sp³-hybridized carbons (Fsp3) is 0. The van der Waals surface area contributed by atoms with Gasteiger partial charge in [0, 0.05) is 11.1 Å². The first kappa shape index (κ1) is 10.4. The van der Waals surface area contributed by atoms with Gasteiger partial charge in [-0.3, -0.25) is 0 Å². The first-order valence-corrected chi connectivity index (χ1v) is 4.73. The summed E-state index contributed by atoms with van der Waals surface area (Å²) >= 11 is 0. The van der Waals surface area contributed by atoms with Gasteiger partial charge in [-0.1, -0.05) is 24.1 Å². The van der Waals surface area contributed by atoms with Crippen molar-refractivity contribution in [3.8, 4) is 23.5 Å². The van der Waals surface area contributed by atoms with Crippen molar-refractivity contribution in [1.29, 1.82) is 0 Å². The zero-order valence-corrected chi connectivity index (χ0v) is 8.37. The van der Waals surface area contributed by atoms with Gasteiger partial charge in [-0.05, 0) is 29.8 Å². The summed E-state index contributed by atoms with van der Waals surface area (Å²) < 4.78 is 26.3. The first-order chi connectivity index (χ1) is 7.70. The van der Waals surface area contributed by atoms with Crippen LogP contribution in [0.15, 0.2) is 42.5 Å². The number of hydrogen-bond donors (Lipinski definition) is 0. The lowest BCUT2D eigenvalue weighted by Gasteiger charge is -2.03. The summed E-state index contributed by atoms with van der Waals surface area (Å²) in [5, 5.41) is 0. The topological polar surface area (TPSA) is 0 Å². The lowest BCUT2D eigenvalue weighted by molar-refractivity contribution is 0.625. The minimum absolute atomic E-state index is 0.343. The SMILES string of the molecule is C#Cc1ccc(-c2ccc(F)cc2)c(F)c1. The van der Waals surface area contributed by atoms with E-state index in [-0.39, 0.29) is 5.82 Å². The van der Waals surface area contributed by atoms with Crippen molar-refractivity contribution in [3.05, 3.63) is 59.7 Å². The molecule has 2 rings (SSSR count). The van der Waals surface area contributed by atoms with Crippen LogP contribution in [0.25, 0.3) is 11.1 Å². The van der Waals surface area contributed by atoms with Gasteiger partial charge in [-0.25, -0.2) is 8.78 Å². The highest BCUT2D eigenvalue weighted by molar-refractivity contribution is 5.65. The van der Waals surface area contributed by atoms with E-state index >= 15 is 0 Å². The normalized spacial score (nSPS) is 9.81. The maximum atomic E-state index is 13.6. The highest BCUT2D eigenvalue weighted by Crippen LogP contribution is 2.23. The minimum Gasteiger partial charge on any atom is -0.207 e. The third-order valence-corrected chi connectivity index (χ3v) is 2.29. The molecular weight excluding hydrogens is 206 g/mol. The van der Waals surface area contributed by atoms with Crippen LogP contribution in [0.1, 0.15) is 5.56 Å². The Labute approximate surface area is 92.5 Å². The molecule has 0 aromatic heterocycles. The van der Waals surface area contributed by atoms with Crippen LogP contribution < -0.4 is 0 Å². The van der Waals surface area contributed by atoms with Gasteiger partial charge >= 0.3 is 0 Å². The molecule has 2 heteroatoms. The first-order valence-electron chi connectivity index (χ1n) is 4.73. The van der Waals surface area contributed by atoms with Gasteiger partial charge in [0.1, 0.15) is 11.6 Å². The third-order valence-electron chi connectivity index (χ3n) is 2.29. The molecule has 0 N–H and O–H groups in total. The Balaban J connectivity index is 2.49. The quantitative estimate of drug-likeness (QED) is 0.636. The number of hydrogen-bond acceptors (Lipinski definition) is 0. The predicted octanol–water partition coefficient (Wildman–Crippen LogP) is 3.61. The highest BCUT2D eigenvalue weighted by atomic mass is 19.1. The Morgan fingerprint density at radius 1 is 0.938 bits per heavy atom. The monoisotopic (exact) mass is 214 g/mol. The lowest BCUT2D eigenvalue weighted by atomic mass is 10.0. The van der Waals surface area contributed by atoms with E-state index in [1.165, 1.54) is 30.3 Å². The Hall–Kier alpha value is -2.14. The van der Waals surface area contributed by atoms with Gasteiger partial charge in [-0.15, -0.1) is 6.42 Å². The summed E-state index contributed by atoms with van der Waals surface area (Å²) in [6.45, 7) is 0. The Bertz CT molecular complexity index is 548. The van der Waals surface area contributed by atoms with Gasteiger partial charge in [0.05, 0.1) is 0 Å². The Kier molecular flexibility index (Phi) is 2.70.